The van der Waals surface area contributed by atoms with E-state index in [1.54, 1.807) is 36.4 Å². The Labute approximate surface area is 195 Å². The van der Waals surface area contributed by atoms with Crippen molar-refractivity contribution in [3.63, 3.8) is 0 Å². The van der Waals surface area contributed by atoms with Gasteiger partial charge in [0.2, 0.25) is 0 Å². The summed E-state index contributed by atoms with van der Waals surface area (Å²) >= 11 is 7.66. The first-order valence-electron chi connectivity index (χ1n) is 10.1. The Bertz CT molecular complexity index is 1100. The summed E-state index contributed by atoms with van der Waals surface area (Å²) in [6.07, 6.45) is 0.690. The molecule has 1 atom stereocenters. The topological polar surface area (TPSA) is 103 Å². The lowest BCUT2D eigenvalue weighted by Crippen LogP contribution is -2.31. The average molecular weight is 474 g/mol. The van der Waals surface area contributed by atoms with Crippen molar-refractivity contribution < 1.29 is 9.72 Å². The molecule has 0 unspecified atom stereocenters. The molecule has 0 radical (unpaired) electrons. The Balaban J connectivity index is 1.74. The number of thioether (sulfide) groups is 1. The molecule has 0 fully saturated rings. The van der Waals surface area contributed by atoms with Gasteiger partial charge in [0.1, 0.15) is 0 Å². The first-order chi connectivity index (χ1) is 15.3. The number of nitrogens with one attached hydrogen (secondary N) is 1. The van der Waals surface area contributed by atoms with Crippen molar-refractivity contribution in [2.24, 2.45) is 13.0 Å². The summed E-state index contributed by atoms with van der Waals surface area (Å²) in [7, 11) is 1.86. The molecule has 0 bridgehead atoms. The zero-order chi connectivity index (χ0) is 23.3. The number of amides is 1. The normalized spacial score (nSPS) is 12.0. The van der Waals surface area contributed by atoms with Gasteiger partial charge in [-0.2, -0.15) is 0 Å². The summed E-state index contributed by atoms with van der Waals surface area (Å²) in [5.74, 6) is 1.30. The van der Waals surface area contributed by atoms with Gasteiger partial charge in [-0.15, -0.1) is 10.2 Å². The van der Waals surface area contributed by atoms with Crippen LogP contribution < -0.4 is 5.32 Å². The van der Waals surface area contributed by atoms with Crippen LogP contribution in [0.25, 0.3) is 0 Å². The highest BCUT2D eigenvalue weighted by molar-refractivity contribution is 7.98. The number of hydrogen-bond donors (Lipinski definition) is 1. The number of non-ortho nitro benzene ring substituents is 1. The Morgan fingerprint density at radius 3 is 2.50 bits per heavy atom. The third-order valence-corrected chi connectivity index (χ3v) is 6.25. The molecule has 168 valence electrons. The van der Waals surface area contributed by atoms with Gasteiger partial charge in [0.15, 0.2) is 11.0 Å². The van der Waals surface area contributed by atoms with Gasteiger partial charge < -0.3 is 9.88 Å². The van der Waals surface area contributed by atoms with Gasteiger partial charge in [0, 0.05) is 24.9 Å². The lowest BCUT2D eigenvalue weighted by Gasteiger charge is -2.20. The molecule has 0 aliphatic rings. The standard InChI is InChI=1S/C22H24ClN5O3S/c1-14(2)12-19(24-21(29)17-6-4-5-7-18(17)23)20-25-26-22(27(20)3)32-13-15-8-10-16(11-9-15)28(30)31/h4-11,14,19H,12-13H2,1-3H3,(H,24,29)/t19-/m0/s1. The molecule has 0 aliphatic heterocycles. The number of hydrogen-bond acceptors (Lipinski definition) is 6. The van der Waals surface area contributed by atoms with E-state index in [0.29, 0.717) is 39.7 Å². The maximum atomic E-state index is 12.8. The van der Waals surface area contributed by atoms with E-state index in [1.165, 1.54) is 23.9 Å². The zero-order valence-electron chi connectivity index (χ0n) is 18.0. The molecule has 1 N–H and O–H groups in total. The van der Waals surface area contributed by atoms with Crippen LogP contribution in [-0.4, -0.2) is 25.6 Å². The second-order valence-electron chi connectivity index (χ2n) is 7.75. The summed E-state index contributed by atoms with van der Waals surface area (Å²) in [6, 6.07) is 13.0. The molecule has 0 aliphatic carbocycles. The monoisotopic (exact) mass is 473 g/mol. The first kappa shape index (κ1) is 23.7. The number of nitrogens with zero attached hydrogens (tertiary/aromatic N) is 4. The van der Waals surface area contributed by atoms with Crippen LogP contribution in [0.3, 0.4) is 0 Å². The molecule has 3 rings (SSSR count). The van der Waals surface area contributed by atoms with E-state index in [1.807, 2.05) is 11.6 Å². The molecule has 1 heterocycles. The van der Waals surface area contributed by atoms with Crippen LogP contribution in [0.4, 0.5) is 5.69 Å². The van der Waals surface area contributed by atoms with E-state index in [2.05, 4.69) is 29.4 Å². The minimum absolute atomic E-state index is 0.0606. The van der Waals surface area contributed by atoms with Crippen molar-refractivity contribution in [3.05, 3.63) is 80.6 Å². The van der Waals surface area contributed by atoms with E-state index >= 15 is 0 Å². The van der Waals surface area contributed by atoms with Crippen molar-refractivity contribution in [1.29, 1.82) is 0 Å². The molecule has 32 heavy (non-hydrogen) atoms. The summed E-state index contributed by atoms with van der Waals surface area (Å²) in [4.78, 5) is 23.2. The lowest BCUT2D eigenvalue weighted by atomic mass is 10.0. The van der Waals surface area contributed by atoms with Crippen LogP contribution >= 0.6 is 23.4 Å². The molecule has 0 saturated carbocycles. The maximum absolute atomic E-state index is 12.8. The fraction of sp³-hybridized carbons (Fsp3) is 0.318. The average Bonchev–Trinajstić information content (AvgIpc) is 3.12. The van der Waals surface area contributed by atoms with E-state index in [0.717, 1.165) is 5.56 Å². The van der Waals surface area contributed by atoms with Crippen LogP contribution in [0.2, 0.25) is 5.02 Å². The molecule has 1 amide bonds. The third kappa shape index (κ3) is 5.86. The van der Waals surface area contributed by atoms with E-state index in [-0.39, 0.29) is 17.6 Å². The largest absolute Gasteiger partial charge is 0.342 e. The van der Waals surface area contributed by atoms with Crippen LogP contribution in [0, 0.1) is 16.0 Å². The lowest BCUT2D eigenvalue weighted by molar-refractivity contribution is -0.384. The van der Waals surface area contributed by atoms with Crippen LogP contribution in [0.15, 0.2) is 53.7 Å². The SMILES string of the molecule is CC(C)C[C@H](NC(=O)c1ccccc1Cl)c1nnc(SCc2ccc([N+](=O)[O-])cc2)n1C. The highest BCUT2D eigenvalue weighted by Gasteiger charge is 2.24. The maximum Gasteiger partial charge on any atom is 0.269 e. The van der Waals surface area contributed by atoms with Crippen LogP contribution in [-0.2, 0) is 12.8 Å². The molecule has 3 aromatic rings. The van der Waals surface area contributed by atoms with Gasteiger partial charge in [-0.1, -0.05) is 61.5 Å². The Kier molecular flexibility index (Phi) is 7.87. The predicted octanol–water partition coefficient (Wildman–Crippen LogP) is 5.19. The van der Waals surface area contributed by atoms with Crippen molar-refractivity contribution >= 4 is 35.0 Å². The van der Waals surface area contributed by atoms with E-state index in [9.17, 15) is 14.9 Å². The predicted molar refractivity (Wildman–Crippen MR) is 125 cm³/mol. The molecular formula is C22H24ClN5O3S. The second-order valence-corrected chi connectivity index (χ2v) is 9.10. The number of carbonyl (C=O) groups is 1. The number of halogens is 1. The van der Waals surface area contributed by atoms with Gasteiger partial charge in [-0.05, 0) is 30.0 Å². The fourth-order valence-corrected chi connectivity index (χ4v) is 4.29. The highest BCUT2D eigenvalue weighted by atomic mass is 35.5. The summed E-state index contributed by atoms with van der Waals surface area (Å²) in [6.45, 7) is 4.16. The Morgan fingerprint density at radius 2 is 1.88 bits per heavy atom. The summed E-state index contributed by atoms with van der Waals surface area (Å²) < 4.78 is 1.87. The number of carbonyl (C=O) groups excluding carboxylic acids is 1. The fourth-order valence-electron chi connectivity index (χ4n) is 3.20. The number of nitro groups is 1. The summed E-state index contributed by atoms with van der Waals surface area (Å²) in [5, 5.41) is 23.6. The molecule has 0 saturated heterocycles. The van der Waals surface area contributed by atoms with Crippen molar-refractivity contribution in [2.45, 2.75) is 37.2 Å². The van der Waals surface area contributed by atoms with E-state index in [4.69, 9.17) is 11.6 Å². The van der Waals surface area contributed by atoms with E-state index < -0.39 is 4.92 Å². The van der Waals surface area contributed by atoms with Crippen molar-refractivity contribution in [1.82, 2.24) is 20.1 Å². The molecular weight excluding hydrogens is 450 g/mol. The highest BCUT2D eigenvalue weighted by Crippen LogP contribution is 2.27. The summed E-state index contributed by atoms with van der Waals surface area (Å²) in [5.41, 5.74) is 1.42. The van der Waals surface area contributed by atoms with Gasteiger partial charge in [-0.25, -0.2) is 0 Å². The van der Waals surface area contributed by atoms with Crippen LogP contribution in [0.1, 0.15) is 48.1 Å². The molecule has 8 nitrogen and oxygen atoms in total. The zero-order valence-corrected chi connectivity index (χ0v) is 19.6. The van der Waals surface area contributed by atoms with Gasteiger partial charge in [0.05, 0.1) is 21.6 Å². The number of benzene rings is 2. The van der Waals surface area contributed by atoms with Crippen LogP contribution in [0.5, 0.6) is 0 Å². The number of nitro benzene ring substituents is 1. The molecule has 1 aromatic heterocycles. The molecule has 2 aromatic carbocycles. The minimum Gasteiger partial charge on any atom is -0.342 e. The smallest absolute Gasteiger partial charge is 0.269 e. The minimum atomic E-state index is -0.419. The third-order valence-electron chi connectivity index (χ3n) is 4.83. The number of rotatable bonds is 9. The van der Waals surface area contributed by atoms with Gasteiger partial charge in [-0.3, -0.25) is 14.9 Å². The quantitative estimate of drug-likeness (QED) is 0.260. The van der Waals surface area contributed by atoms with Crippen molar-refractivity contribution in [3.8, 4) is 0 Å². The van der Waals surface area contributed by atoms with Gasteiger partial charge >= 0.3 is 0 Å². The Morgan fingerprint density at radius 1 is 1.19 bits per heavy atom. The second kappa shape index (κ2) is 10.6. The molecule has 10 heteroatoms. The molecule has 0 spiro atoms. The van der Waals surface area contributed by atoms with Crippen molar-refractivity contribution in [2.75, 3.05) is 0 Å². The van der Waals surface area contributed by atoms with Gasteiger partial charge in [0.25, 0.3) is 11.6 Å². The Hall–Kier alpha value is -2.91. The number of aromatic nitrogens is 3. The first-order valence-corrected chi connectivity index (χ1v) is 11.4.